The molecule has 10 nitrogen and oxygen atoms in total. The Labute approximate surface area is 203 Å². The number of nitro groups is 1. The van der Waals surface area contributed by atoms with Crippen molar-refractivity contribution in [3.63, 3.8) is 0 Å². The molecule has 35 heavy (non-hydrogen) atoms. The minimum atomic E-state index is -0.649. The molecule has 0 aliphatic heterocycles. The van der Waals surface area contributed by atoms with Crippen LogP contribution >= 0.6 is 11.6 Å². The summed E-state index contributed by atoms with van der Waals surface area (Å²) in [6.45, 7) is -0.461. The number of nitro benzene ring substituents is 1. The van der Waals surface area contributed by atoms with Crippen LogP contribution in [-0.4, -0.2) is 36.7 Å². The highest BCUT2D eigenvalue weighted by molar-refractivity contribution is 6.32. The average Bonchev–Trinajstić information content (AvgIpc) is 2.84. The van der Waals surface area contributed by atoms with Gasteiger partial charge < -0.3 is 14.8 Å². The Morgan fingerprint density at radius 1 is 1.17 bits per heavy atom. The summed E-state index contributed by atoms with van der Waals surface area (Å²) >= 11 is 6.26. The Balaban J connectivity index is 1.64. The number of para-hydroxylation sites is 1. The summed E-state index contributed by atoms with van der Waals surface area (Å²) in [4.78, 5) is 34.5. The molecule has 0 fully saturated rings. The van der Waals surface area contributed by atoms with Gasteiger partial charge in [0.1, 0.15) is 5.82 Å². The molecule has 12 heteroatoms. The van der Waals surface area contributed by atoms with Crippen LogP contribution in [0.3, 0.4) is 0 Å². The third-order valence-electron chi connectivity index (χ3n) is 4.45. The highest BCUT2D eigenvalue weighted by Gasteiger charge is 2.15. The zero-order valence-corrected chi connectivity index (χ0v) is 18.9. The van der Waals surface area contributed by atoms with E-state index in [1.165, 1.54) is 61.9 Å². The fraction of sp³-hybridized carbons (Fsp3) is 0.0870. The summed E-state index contributed by atoms with van der Waals surface area (Å²) in [6, 6.07) is 13.8. The van der Waals surface area contributed by atoms with Crippen molar-refractivity contribution in [1.29, 1.82) is 0 Å². The smallest absolute Gasteiger partial charge is 0.271 e. The van der Waals surface area contributed by atoms with E-state index < -0.39 is 29.2 Å². The third-order valence-corrected chi connectivity index (χ3v) is 4.73. The van der Waals surface area contributed by atoms with Gasteiger partial charge in [-0.15, -0.1) is 0 Å². The Bertz CT molecular complexity index is 1300. The molecule has 0 aliphatic rings. The van der Waals surface area contributed by atoms with Crippen LogP contribution in [0.2, 0.25) is 5.02 Å². The molecule has 0 unspecified atom stereocenters. The Morgan fingerprint density at radius 2 is 1.94 bits per heavy atom. The number of hydrogen-bond donors (Lipinski definition) is 2. The summed E-state index contributed by atoms with van der Waals surface area (Å²) in [5.74, 6) is -1.58. The van der Waals surface area contributed by atoms with Gasteiger partial charge >= 0.3 is 0 Å². The normalized spacial score (nSPS) is 10.6. The van der Waals surface area contributed by atoms with E-state index in [2.05, 4.69) is 15.8 Å². The lowest BCUT2D eigenvalue weighted by molar-refractivity contribution is -0.384. The van der Waals surface area contributed by atoms with E-state index in [0.717, 1.165) is 6.07 Å². The first-order valence-corrected chi connectivity index (χ1v) is 10.3. The Morgan fingerprint density at radius 3 is 2.66 bits per heavy atom. The van der Waals surface area contributed by atoms with E-state index in [1.54, 1.807) is 6.07 Å². The van der Waals surface area contributed by atoms with E-state index in [4.69, 9.17) is 21.1 Å². The molecule has 0 heterocycles. The molecule has 3 aromatic rings. The average molecular weight is 501 g/mol. The maximum Gasteiger partial charge on any atom is 0.271 e. The standard InChI is InChI=1S/C23H18ClFN4O6/c1-34-20-10-14(12-26-28-23(31)15-5-4-6-16(11-15)29(32)33)9-17(24)22(20)35-13-21(30)27-19-8-3-2-7-18(19)25/h2-12H,13H2,1H3,(H,27,30)(H,28,31)/b26-12+. The predicted octanol–water partition coefficient (Wildman–Crippen LogP) is 4.18. The number of methoxy groups -OCH3 is 1. The molecule has 3 aromatic carbocycles. The lowest BCUT2D eigenvalue weighted by Gasteiger charge is -2.13. The highest BCUT2D eigenvalue weighted by atomic mass is 35.5. The number of halogens is 2. The fourth-order valence-corrected chi connectivity index (χ4v) is 3.11. The van der Waals surface area contributed by atoms with Crippen molar-refractivity contribution in [2.45, 2.75) is 0 Å². The Hall–Kier alpha value is -4.51. The van der Waals surface area contributed by atoms with Crippen molar-refractivity contribution in [3.05, 3.63) is 92.7 Å². The number of hydrogen-bond acceptors (Lipinski definition) is 7. The lowest BCUT2D eigenvalue weighted by Crippen LogP contribution is -2.21. The molecule has 0 radical (unpaired) electrons. The van der Waals surface area contributed by atoms with Gasteiger partial charge in [-0.05, 0) is 35.9 Å². The molecular weight excluding hydrogens is 483 g/mol. The minimum Gasteiger partial charge on any atom is -0.493 e. The van der Waals surface area contributed by atoms with Crippen molar-refractivity contribution in [2.24, 2.45) is 5.10 Å². The number of amides is 2. The molecule has 0 bridgehead atoms. The van der Waals surface area contributed by atoms with Crippen LogP contribution in [0.5, 0.6) is 11.5 Å². The first kappa shape index (κ1) is 25.1. The number of nitrogens with zero attached hydrogens (tertiary/aromatic N) is 2. The van der Waals surface area contributed by atoms with Gasteiger partial charge in [0.25, 0.3) is 17.5 Å². The monoisotopic (exact) mass is 500 g/mol. The van der Waals surface area contributed by atoms with Gasteiger partial charge in [0, 0.05) is 17.7 Å². The van der Waals surface area contributed by atoms with Gasteiger partial charge in [0.2, 0.25) is 0 Å². The SMILES string of the molecule is COc1cc(/C=N/NC(=O)c2cccc([N+](=O)[O-])c2)cc(Cl)c1OCC(=O)Nc1ccccc1F. The van der Waals surface area contributed by atoms with Gasteiger partial charge in [-0.3, -0.25) is 19.7 Å². The van der Waals surface area contributed by atoms with Gasteiger partial charge in [0.05, 0.1) is 29.0 Å². The molecule has 0 atom stereocenters. The highest BCUT2D eigenvalue weighted by Crippen LogP contribution is 2.36. The van der Waals surface area contributed by atoms with Crippen LogP contribution in [0.15, 0.2) is 65.8 Å². The zero-order chi connectivity index (χ0) is 25.4. The molecule has 0 saturated heterocycles. The maximum atomic E-state index is 13.7. The molecule has 0 aliphatic carbocycles. The first-order chi connectivity index (χ1) is 16.8. The van der Waals surface area contributed by atoms with Crippen LogP contribution in [0.1, 0.15) is 15.9 Å². The van der Waals surface area contributed by atoms with E-state index in [0.29, 0.717) is 5.56 Å². The number of nitrogens with one attached hydrogen (secondary N) is 2. The summed E-state index contributed by atoms with van der Waals surface area (Å²) in [5, 5.41) is 17.1. The zero-order valence-electron chi connectivity index (χ0n) is 18.2. The number of anilines is 1. The molecule has 0 spiro atoms. The van der Waals surface area contributed by atoms with E-state index >= 15 is 0 Å². The van der Waals surface area contributed by atoms with Gasteiger partial charge in [-0.1, -0.05) is 29.8 Å². The predicted molar refractivity (Wildman–Crippen MR) is 127 cm³/mol. The number of hydrazone groups is 1. The maximum absolute atomic E-state index is 13.7. The molecule has 0 aromatic heterocycles. The van der Waals surface area contributed by atoms with Crippen molar-refractivity contribution in [3.8, 4) is 11.5 Å². The lowest BCUT2D eigenvalue weighted by atomic mass is 10.2. The van der Waals surface area contributed by atoms with Crippen molar-refractivity contribution in [2.75, 3.05) is 19.0 Å². The van der Waals surface area contributed by atoms with Crippen molar-refractivity contribution >= 4 is 41.0 Å². The van der Waals surface area contributed by atoms with Crippen LogP contribution in [0, 0.1) is 15.9 Å². The number of carbonyl (C=O) groups is 2. The second-order valence-electron chi connectivity index (χ2n) is 6.86. The van der Waals surface area contributed by atoms with E-state index in [9.17, 15) is 24.1 Å². The van der Waals surface area contributed by atoms with E-state index in [-0.39, 0.29) is 33.5 Å². The summed E-state index contributed by atoms with van der Waals surface area (Å²) in [5.41, 5.74) is 2.53. The van der Waals surface area contributed by atoms with E-state index in [1.807, 2.05) is 0 Å². The molecule has 0 saturated carbocycles. The van der Waals surface area contributed by atoms with Gasteiger partial charge in [-0.25, -0.2) is 9.82 Å². The second kappa shape index (κ2) is 11.6. The van der Waals surface area contributed by atoms with Crippen LogP contribution in [0.25, 0.3) is 0 Å². The van der Waals surface area contributed by atoms with Crippen LogP contribution < -0.4 is 20.2 Å². The largest absolute Gasteiger partial charge is 0.493 e. The van der Waals surface area contributed by atoms with Crippen LogP contribution in [0.4, 0.5) is 15.8 Å². The minimum absolute atomic E-state index is 0.0119. The topological polar surface area (TPSA) is 132 Å². The molecular formula is C23H18ClFN4O6. The molecule has 2 N–H and O–H groups in total. The Kier molecular flexibility index (Phi) is 8.30. The molecule has 180 valence electrons. The number of non-ortho nitro benzene ring substituents is 1. The number of ether oxygens (including phenoxy) is 2. The summed E-state index contributed by atoms with van der Waals surface area (Å²) < 4.78 is 24.4. The molecule has 2 amide bonds. The van der Waals surface area contributed by atoms with Gasteiger partial charge in [-0.2, -0.15) is 5.10 Å². The quantitative estimate of drug-likeness (QED) is 0.257. The van der Waals surface area contributed by atoms with Gasteiger partial charge in [0.15, 0.2) is 18.1 Å². The first-order valence-electron chi connectivity index (χ1n) is 9.91. The number of rotatable bonds is 9. The van der Waals surface area contributed by atoms with Crippen molar-refractivity contribution < 1.29 is 28.4 Å². The summed E-state index contributed by atoms with van der Waals surface area (Å²) in [6.07, 6.45) is 1.28. The third kappa shape index (κ3) is 6.74. The second-order valence-corrected chi connectivity index (χ2v) is 7.26. The van der Waals surface area contributed by atoms with Crippen molar-refractivity contribution in [1.82, 2.24) is 5.43 Å². The summed E-state index contributed by atoms with van der Waals surface area (Å²) in [7, 11) is 1.36. The van der Waals surface area contributed by atoms with Crippen LogP contribution in [-0.2, 0) is 4.79 Å². The fourth-order valence-electron chi connectivity index (χ4n) is 2.83. The molecule has 3 rings (SSSR count). The number of carbonyl (C=O) groups excluding carboxylic acids is 2. The number of benzene rings is 3.